The maximum Gasteiger partial charge on any atom is 0.355 e. The molecule has 0 aromatic heterocycles. The average molecular weight is 329 g/mol. The van der Waals surface area contributed by atoms with E-state index in [-0.39, 0.29) is 17.0 Å². The van der Waals surface area contributed by atoms with Crippen molar-refractivity contribution in [2.24, 2.45) is 0 Å². The van der Waals surface area contributed by atoms with Crippen LogP contribution < -0.4 is 4.90 Å². The number of aromatic hydroxyl groups is 1. The standard InChI is InChI=1S/C18H19NO5/c1-4-12-8-9-14(15(20)11-12)19-10-6-5-7-13(17(21)23-2)16(19)18(22)24-3/h5-11,20H,4H2,1-3H3. The molecule has 1 aromatic rings. The summed E-state index contributed by atoms with van der Waals surface area (Å²) in [4.78, 5) is 25.8. The smallest absolute Gasteiger partial charge is 0.355 e. The van der Waals surface area contributed by atoms with E-state index in [0.717, 1.165) is 12.0 Å². The van der Waals surface area contributed by atoms with Crippen molar-refractivity contribution in [2.45, 2.75) is 13.3 Å². The number of nitrogens with zero attached hydrogens (tertiary/aromatic N) is 1. The quantitative estimate of drug-likeness (QED) is 0.855. The van der Waals surface area contributed by atoms with E-state index < -0.39 is 11.9 Å². The Balaban J connectivity index is 2.65. The van der Waals surface area contributed by atoms with Crippen molar-refractivity contribution < 1.29 is 24.2 Å². The van der Waals surface area contributed by atoms with Crippen LogP contribution >= 0.6 is 0 Å². The van der Waals surface area contributed by atoms with E-state index in [2.05, 4.69) is 0 Å². The van der Waals surface area contributed by atoms with Gasteiger partial charge in [0.2, 0.25) is 0 Å². The van der Waals surface area contributed by atoms with Crippen LogP contribution in [0.4, 0.5) is 5.69 Å². The zero-order valence-corrected chi connectivity index (χ0v) is 13.8. The van der Waals surface area contributed by atoms with Gasteiger partial charge in [-0.05, 0) is 36.3 Å². The predicted octanol–water partition coefficient (Wildman–Crippen LogP) is 2.44. The second-order valence-electron chi connectivity index (χ2n) is 4.99. The second-order valence-corrected chi connectivity index (χ2v) is 4.99. The third-order valence-electron chi connectivity index (χ3n) is 3.60. The molecule has 126 valence electrons. The lowest BCUT2D eigenvalue weighted by Crippen LogP contribution is -2.27. The Morgan fingerprint density at radius 3 is 2.42 bits per heavy atom. The number of hydrogen-bond donors (Lipinski definition) is 1. The molecule has 0 unspecified atom stereocenters. The van der Waals surface area contributed by atoms with Crippen LogP contribution in [0.3, 0.4) is 0 Å². The predicted molar refractivity (Wildman–Crippen MR) is 89.3 cm³/mol. The van der Waals surface area contributed by atoms with Gasteiger partial charge < -0.3 is 19.5 Å². The number of methoxy groups -OCH3 is 2. The Morgan fingerprint density at radius 2 is 1.83 bits per heavy atom. The normalized spacial score (nSPS) is 13.7. The monoisotopic (exact) mass is 329 g/mol. The summed E-state index contributed by atoms with van der Waals surface area (Å²) in [5.41, 5.74) is 1.31. The molecule has 1 aliphatic heterocycles. The molecule has 0 fully saturated rings. The Kier molecular flexibility index (Phi) is 5.42. The van der Waals surface area contributed by atoms with E-state index in [1.54, 1.807) is 30.5 Å². The highest BCUT2D eigenvalue weighted by Gasteiger charge is 2.28. The molecule has 0 amide bonds. The molecule has 0 spiro atoms. The van der Waals surface area contributed by atoms with Gasteiger partial charge in [0.05, 0.1) is 25.5 Å². The molecular weight excluding hydrogens is 310 g/mol. The molecule has 0 saturated carbocycles. The van der Waals surface area contributed by atoms with Gasteiger partial charge in [0.1, 0.15) is 11.4 Å². The summed E-state index contributed by atoms with van der Waals surface area (Å²) in [7, 11) is 2.45. The van der Waals surface area contributed by atoms with Crippen molar-refractivity contribution in [2.75, 3.05) is 19.1 Å². The fourth-order valence-electron chi connectivity index (χ4n) is 2.34. The van der Waals surface area contributed by atoms with Crippen LogP contribution in [-0.4, -0.2) is 31.3 Å². The van der Waals surface area contributed by atoms with Crippen LogP contribution in [0.5, 0.6) is 5.75 Å². The molecule has 0 saturated heterocycles. The van der Waals surface area contributed by atoms with E-state index in [1.807, 2.05) is 13.0 Å². The van der Waals surface area contributed by atoms with E-state index in [0.29, 0.717) is 5.69 Å². The zero-order chi connectivity index (χ0) is 17.7. The molecular formula is C18H19NO5. The lowest BCUT2D eigenvalue weighted by molar-refractivity contribution is -0.139. The van der Waals surface area contributed by atoms with Crippen LogP contribution in [0, 0.1) is 0 Å². The number of ether oxygens (including phenoxy) is 2. The minimum absolute atomic E-state index is 0.00785. The van der Waals surface area contributed by atoms with Crippen molar-refractivity contribution in [3.8, 4) is 5.75 Å². The fraction of sp³-hybridized carbons (Fsp3) is 0.222. The van der Waals surface area contributed by atoms with Gasteiger partial charge in [-0.15, -0.1) is 0 Å². The number of aryl methyl sites for hydroxylation is 1. The van der Waals surface area contributed by atoms with E-state index >= 15 is 0 Å². The third-order valence-corrected chi connectivity index (χ3v) is 3.60. The van der Waals surface area contributed by atoms with Crippen molar-refractivity contribution in [1.82, 2.24) is 0 Å². The molecule has 6 nitrogen and oxygen atoms in total. The van der Waals surface area contributed by atoms with Crippen LogP contribution in [0.2, 0.25) is 0 Å². The molecule has 1 aliphatic rings. The molecule has 2 rings (SSSR count). The Labute approximate surface area is 140 Å². The Morgan fingerprint density at radius 1 is 1.12 bits per heavy atom. The number of allylic oxidation sites excluding steroid dienone is 2. The number of hydrogen-bond acceptors (Lipinski definition) is 6. The molecule has 1 N–H and O–H groups in total. The van der Waals surface area contributed by atoms with Crippen LogP contribution in [0.25, 0.3) is 0 Å². The second kappa shape index (κ2) is 7.50. The van der Waals surface area contributed by atoms with Crippen LogP contribution in [0.15, 0.2) is 53.9 Å². The number of benzene rings is 1. The van der Waals surface area contributed by atoms with Gasteiger partial charge in [-0.3, -0.25) is 0 Å². The largest absolute Gasteiger partial charge is 0.506 e. The highest BCUT2D eigenvalue weighted by molar-refractivity contribution is 6.05. The molecule has 0 atom stereocenters. The number of anilines is 1. The molecule has 24 heavy (non-hydrogen) atoms. The highest BCUT2D eigenvalue weighted by Crippen LogP contribution is 2.34. The number of carbonyl (C=O) groups excluding carboxylic acids is 2. The first-order valence-electron chi connectivity index (χ1n) is 7.40. The van der Waals surface area contributed by atoms with E-state index in [4.69, 9.17) is 9.47 Å². The summed E-state index contributed by atoms with van der Waals surface area (Å²) in [5.74, 6) is -1.40. The average Bonchev–Trinajstić information content (AvgIpc) is 2.82. The highest BCUT2D eigenvalue weighted by atomic mass is 16.5. The maximum absolute atomic E-state index is 12.3. The van der Waals surface area contributed by atoms with Crippen molar-refractivity contribution >= 4 is 17.6 Å². The topological polar surface area (TPSA) is 76.1 Å². The van der Waals surface area contributed by atoms with Gasteiger partial charge in [-0.1, -0.05) is 19.1 Å². The first kappa shape index (κ1) is 17.3. The molecule has 1 aromatic carbocycles. The SMILES string of the molecule is CCc1ccc(N2C=CC=CC(C(=O)OC)=C2C(=O)OC)c(O)c1. The Bertz CT molecular complexity index is 746. The molecule has 6 heteroatoms. The molecule has 0 radical (unpaired) electrons. The zero-order valence-electron chi connectivity index (χ0n) is 13.8. The first-order chi connectivity index (χ1) is 11.5. The number of rotatable bonds is 4. The van der Waals surface area contributed by atoms with E-state index in [1.165, 1.54) is 25.2 Å². The minimum Gasteiger partial charge on any atom is -0.506 e. The fourth-order valence-corrected chi connectivity index (χ4v) is 2.34. The van der Waals surface area contributed by atoms with Gasteiger partial charge in [-0.25, -0.2) is 9.59 Å². The lowest BCUT2D eigenvalue weighted by Gasteiger charge is -2.24. The summed E-state index contributed by atoms with van der Waals surface area (Å²) in [6.07, 6.45) is 7.04. The van der Waals surface area contributed by atoms with E-state index in [9.17, 15) is 14.7 Å². The molecule has 0 aliphatic carbocycles. The van der Waals surface area contributed by atoms with Crippen molar-refractivity contribution in [1.29, 1.82) is 0 Å². The number of phenolic OH excluding ortho intramolecular Hbond substituents is 1. The number of esters is 2. The lowest BCUT2D eigenvalue weighted by atomic mass is 10.1. The van der Waals surface area contributed by atoms with Gasteiger partial charge >= 0.3 is 11.9 Å². The summed E-state index contributed by atoms with van der Waals surface area (Å²) in [6, 6.07) is 5.14. The van der Waals surface area contributed by atoms with Gasteiger partial charge in [0.25, 0.3) is 0 Å². The molecule has 0 bridgehead atoms. The Hall–Kier alpha value is -3.02. The van der Waals surface area contributed by atoms with Crippen LogP contribution in [0.1, 0.15) is 12.5 Å². The minimum atomic E-state index is -0.717. The summed E-state index contributed by atoms with van der Waals surface area (Å²) in [6.45, 7) is 1.97. The van der Waals surface area contributed by atoms with Gasteiger partial charge in [0.15, 0.2) is 0 Å². The maximum atomic E-state index is 12.3. The summed E-state index contributed by atoms with van der Waals surface area (Å²) >= 11 is 0. The number of phenols is 1. The van der Waals surface area contributed by atoms with Gasteiger partial charge in [-0.2, -0.15) is 0 Å². The van der Waals surface area contributed by atoms with Gasteiger partial charge in [0, 0.05) is 6.20 Å². The molecule has 1 heterocycles. The van der Waals surface area contributed by atoms with Crippen molar-refractivity contribution in [3.63, 3.8) is 0 Å². The summed E-state index contributed by atoms with van der Waals surface area (Å²) < 4.78 is 9.56. The summed E-state index contributed by atoms with van der Waals surface area (Å²) in [5, 5.41) is 10.3. The number of carbonyl (C=O) groups is 2. The van der Waals surface area contributed by atoms with Crippen molar-refractivity contribution in [3.05, 3.63) is 59.5 Å². The third kappa shape index (κ3) is 3.32. The van der Waals surface area contributed by atoms with Crippen LogP contribution in [-0.2, 0) is 25.5 Å². The first-order valence-corrected chi connectivity index (χ1v) is 7.40.